The lowest BCUT2D eigenvalue weighted by Gasteiger charge is -2.66. The van der Waals surface area contributed by atoms with Crippen LogP contribution < -0.4 is 0 Å². The van der Waals surface area contributed by atoms with E-state index in [2.05, 4.69) is 0 Å². The standard InChI is InChI=1S/C14H26O7/c1-10(9(15)16)11(2,18-6)12(3,19-7)13(4,20-8)14(5,17)21-10/h17H,1-8H3,(H,15,16)/t10-,11-,12+,13-,14-/m1/s1. The van der Waals surface area contributed by atoms with E-state index in [1.54, 1.807) is 20.8 Å². The van der Waals surface area contributed by atoms with Crippen molar-refractivity contribution in [3.8, 4) is 0 Å². The third-order valence-electron chi connectivity index (χ3n) is 5.65. The van der Waals surface area contributed by atoms with Crippen molar-refractivity contribution in [1.29, 1.82) is 0 Å². The van der Waals surface area contributed by atoms with Gasteiger partial charge in [-0.1, -0.05) is 0 Å². The van der Waals surface area contributed by atoms with Gasteiger partial charge in [0.1, 0.15) is 16.8 Å². The first kappa shape index (κ1) is 18.3. The summed E-state index contributed by atoms with van der Waals surface area (Å²) in [7, 11) is 4.19. The highest BCUT2D eigenvalue weighted by molar-refractivity contribution is 5.80. The van der Waals surface area contributed by atoms with Gasteiger partial charge < -0.3 is 29.2 Å². The average molecular weight is 306 g/mol. The number of carboxylic acid groups (broad SMARTS) is 1. The van der Waals surface area contributed by atoms with Gasteiger partial charge in [-0.25, -0.2) is 4.79 Å². The summed E-state index contributed by atoms with van der Waals surface area (Å²) in [6.45, 7) is 7.49. The summed E-state index contributed by atoms with van der Waals surface area (Å²) in [5, 5.41) is 20.4. The highest BCUT2D eigenvalue weighted by Gasteiger charge is 2.78. The summed E-state index contributed by atoms with van der Waals surface area (Å²) >= 11 is 0. The van der Waals surface area contributed by atoms with E-state index in [9.17, 15) is 15.0 Å². The number of rotatable bonds is 4. The van der Waals surface area contributed by atoms with Crippen molar-refractivity contribution in [3.05, 3.63) is 0 Å². The number of carboxylic acids is 1. The van der Waals surface area contributed by atoms with Gasteiger partial charge in [-0.3, -0.25) is 0 Å². The Kier molecular flexibility index (Phi) is 4.27. The molecular formula is C14H26O7. The lowest BCUT2D eigenvalue weighted by atomic mass is 9.60. The van der Waals surface area contributed by atoms with Crippen LogP contribution in [0.2, 0.25) is 0 Å². The Labute approximate surface area is 125 Å². The molecule has 1 aliphatic rings. The maximum Gasteiger partial charge on any atom is 0.338 e. The van der Waals surface area contributed by atoms with E-state index in [1.165, 1.54) is 35.2 Å². The molecule has 1 aliphatic heterocycles. The molecule has 1 saturated heterocycles. The summed E-state index contributed by atoms with van der Waals surface area (Å²) in [5.41, 5.74) is -5.99. The Balaban J connectivity index is 3.76. The summed E-state index contributed by atoms with van der Waals surface area (Å²) in [4.78, 5) is 11.8. The van der Waals surface area contributed by atoms with E-state index in [4.69, 9.17) is 18.9 Å². The van der Waals surface area contributed by atoms with Crippen LogP contribution in [0.15, 0.2) is 0 Å². The van der Waals surface area contributed by atoms with Crippen molar-refractivity contribution in [2.24, 2.45) is 0 Å². The maximum atomic E-state index is 11.8. The number of aliphatic hydroxyl groups is 1. The van der Waals surface area contributed by atoms with Crippen molar-refractivity contribution in [1.82, 2.24) is 0 Å². The quantitative estimate of drug-likeness (QED) is 0.792. The Hall–Kier alpha value is -0.730. The molecule has 0 aliphatic carbocycles. The Morgan fingerprint density at radius 2 is 1.24 bits per heavy atom. The maximum absolute atomic E-state index is 11.8. The fraction of sp³-hybridized carbons (Fsp3) is 0.929. The Morgan fingerprint density at radius 3 is 1.52 bits per heavy atom. The van der Waals surface area contributed by atoms with Gasteiger partial charge in [-0.15, -0.1) is 0 Å². The van der Waals surface area contributed by atoms with Crippen LogP contribution in [0.3, 0.4) is 0 Å². The lowest BCUT2D eigenvalue weighted by molar-refractivity contribution is -0.447. The molecule has 0 radical (unpaired) electrons. The predicted molar refractivity (Wildman–Crippen MR) is 74.0 cm³/mol. The zero-order valence-electron chi connectivity index (χ0n) is 13.9. The number of aliphatic carboxylic acids is 1. The zero-order chi connectivity index (χ0) is 16.9. The molecule has 1 fully saturated rings. The molecule has 1 heterocycles. The SMILES string of the molecule is CO[C@@]1(C)[C@](C)(OC)[C@@](C)(C(=O)O)O[C@@](C)(O)[C@]1(C)OC. The fourth-order valence-electron chi connectivity index (χ4n) is 3.36. The van der Waals surface area contributed by atoms with Crippen LogP contribution in [0.25, 0.3) is 0 Å². The second kappa shape index (κ2) is 4.89. The van der Waals surface area contributed by atoms with Gasteiger partial charge >= 0.3 is 5.97 Å². The molecule has 124 valence electrons. The monoisotopic (exact) mass is 306 g/mol. The summed E-state index contributed by atoms with van der Waals surface area (Å²) in [5.74, 6) is -3.19. The van der Waals surface area contributed by atoms with Gasteiger partial charge in [0.05, 0.1) is 0 Å². The first-order chi connectivity index (χ1) is 9.33. The highest BCUT2D eigenvalue weighted by atomic mass is 16.7. The molecule has 7 nitrogen and oxygen atoms in total. The first-order valence-corrected chi connectivity index (χ1v) is 6.65. The molecule has 0 bridgehead atoms. The molecule has 0 aromatic rings. The Morgan fingerprint density at radius 1 is 0.857 bits per heavy atom. The predicted octanol–water partition coefficient (Wildman–Crippen LogP) is 0.784. The average Bonchev–Trinajstić information content (AvgIpc) is 2.41. The second-order valence-electron chi connectivity index (χ2n) is 6.14. The number of ether oxygens (including phenoxy) is 4. The second-order valence-corrected chi connectivity index (χ2v) is 6.14. The minimum Gasteiger partial charge on any atom is -0.479 e. The number of hydrogen-bond acceptors (Lipinski definition) is 6. The summed E-state index contributed by atoms with van der Waals surface area (Å²) < 4.78 is 22.2. The van der Waals surface area contributed by atoms with Crippen molar-refractivity contribution in [3.63, 3.8) is 0 Å². The van der Waals surface area contributed by atoms with Crippen LogP contribution in [-0.4, -0.2) is 65.7 Å². The van der Waals surface area contributed by atoms with Gasteiger partial charge in [0.15, 0.2) is 11.4 Å². The van der Waals surface area contributed by atoms with E-state index in [1.807, 2.05) is 0 Å². The first-order valence-electron chi connectivity index (χ1n) is 6.65. The van der Waals surface area contributed by atoms with E-state index in [0.29, 0.717) is 0 Å². The van der Waals surface area contributed by atoms with Crippen molar-refractivity contribution >= 4 is 5.97 Å². The lowest BCUT2D eigenvalue weighted by Crippen LogP contribution is -2.86. The fourth-order valence-corrected chi connectivity index (χ4v) is 3.36. The molecule has 0 aromatic carbocycles. The number of hydrogen-bond donors (Lipinski definition) is 2. The van der Waals surface area contributed by atoms with Crippen LogP contribution in [0, 0.1) is 0 Å². The third-order valence-corrected chi connectivity index (χ3v) is 5.65. The Bertz CT molecular complexity index is 437. The smallest absolute Gasteiger partial charge is 0.338 e. The third kappa shape index (κ3) is 1.82. The largest absolute Gasteiger partial charge is 0.479 e. The van der Waals surface area contributed by atoms with Crippen LogP contribution >= 0.6 is 0 Å². The van der Waals surface area contributed by atoms with Gasteiger partial charge in [-0.2, -0.15) is 0 Å². The zero-order valence-corrected chi connectivity index (χ0v) is 13.9. The van der Waals surface area contributed by atoms with Gasteiger partial charge in [-0.05, 0) is 34.6 Å². The molecule has 0 spiro atoms. The summed E-state index contributed by atoms with van der Waals surface area (Å²) in [6.07, 6.45) is 0. The number of methoxy groups -OCH3 is 3. The molecule has 21 heavy (non-hydrogen) atoms. The van der Waals surface area contributed by atoms with Crippen molar-refractivity contribution in [2.45, 2.75) is 62.8 Å². The molecule has 7 heteroatoms. The molecule has 0 aromatic heterocycles. The van der Waals surface area contributed by atoms with Crippen LogP contribution in [0.5, 0.6) is 0 Å². The topological polar surface area (TPSA) is 94.5 Å². The van der Waals surface area contributed by atoms with Crippen molar-refractivity contribution in [2.75, 3.05) is 21.3 Å². The van der Waals surface area contributed by atoms with Gasteiger partial charge in [0, 0.05) is 21.3 Å². The molecule has 0 unspecified atom stereocenters. The minimum atomic E-state index is -1.92. The van der Waals surface area contributed by atoms with E-state index >= 15 is 0 Å². The van der Waals surface area contributed by atoms with Crippen LogP contribution in [0.1, 0.15) is 34.6 Å². The normalized spacial score (nSPS) is 50.9. The van der Waals surface area contributed by atoms with Crippen LogP contribution in [0.4, 0.5) is 0 Å². The molecule has 0 amide bonds. The van der Waals surface area contributed by atoms with Crippen molar-refractivity contribution < 1.29 is 34.0 Å². The molecule has 1 rings (SSSR count). The van der Waals surface area contributed by atoms with E-state index in [0.717, 1.165) is 0 Å². The number of carbonyl (C=O) groups is 1. The van der Waals surface area contributed by atoms with E-state index < -0.39 is 34.2 Å². The molecular weight excluding hydrogens is 280 g/mol. The minimum absolute atomic E-state index is 1.27. The van der Waals surface area contributed by atoms with Gasteiger partial charge in [0.25, 0.3) is 0 Å². The molecule has 2 N–H and O–H groups in total. The molecule has 5 atom stereocenters. The van der Waals surface area contributed by atoms with Gasteiger partial charge in [0.2, 0.25) is 0 Å². The van der Waals surface area contributed by atoms with E-state index in [-0.39, 0.29) is 0 Å². The summed E-state index contributed by atoms with van der Waals surface area (Å²) in [6, 6.07) is 0. The highest BCUT2D eigenvalue weighted by Crippen LogP contribution is 2.56. The molecule has 0 saturated carbocycles. The van der Waals surface area contributed by atoms with Crippen LogP contribution in [-0.2, 0) is 23.7 Å².